The third-order valence-electron chi connectivity index (χ3n) is 5.51. The second-order valence-electron chi connectivity index (χ2n) is 7.77. The summed E-state index contributed by atoms with van der Waals surface area (Å²) >= 11 is 0. The summed E-state index contributed by atoms with van der Waals surface area (Å²) in [5.41, 5.74) is 6.36. The highest BCUT2D eigenvalue weighted by molar-refractivity contribution is 6.12. The van der Waals surface area contributed by atoms with Gasteiger partial charge in [-0.15, -0.1) is 0 Å². The smallest absolute Gasteiger partial charge is 0.245 e. The average Bonchev–Trinajstić information content (AvgIpc) is 3.16. The molecule has 0 spiro atoms. The van der Waals surface area contributed by atoms with E-state index in [1.807, 2.05) is 80.6 Å². The lowest BCUT2D eigenvalue weighted by atomic mass is 10.0. The fraction of sp³-hybridized carbons (Fsp3) is 0.240. The van der Waals surface area contributed by atoms with Crippen LogP contribution in [0.5, 0.6) is 5.75 Å². The molecule has 0 aliphatic carbocycles. The largest absolute Gasteiger partial charge is 0.489 e. The number of aliphatic hydroxyl groups is 1. The summed E-state index contributed by atoms with van der Waals surface area (Å²) in [5.74, 6) is 0.762. The zero-order valence-corrected chi connectivity index (χ0v) is 19.1. The Bertz CT molecular complexity index is 1180. The third kappa shape index (κ3) is 4.65. The molecule has 8 nitrogen and oxygen atoms in total. The fourth-order valence-corrected chi connectivity index (χ4v) is 3.69. The number of hydrogen-bond acceptors (Lipinski definition) is 8. The van der Waals surface area contributed by atoms with Crippen molar-refractivity contribution in [3.05, 3.63) is 94.5 Å². The molecule has 0 saturated carbocycles. The van der Waals surface area contributed by atoms with Crippen LogP contribution in [0, 0.1) is 13.8 Å². The first-order chi connectivity index (χ1) is 16.0. The van der Waals surface area contributed by atoms with Gasteiger partial charge in [-0.05, 0) is 59.7 Å². The highest BCUT2D eigenvalue weighted by Crippen LogP contribution is 2.31. The van der Waals surface area contributed by atoms with Crippen LogP contribution in [-0.4, -0.2) is 36.3 Å². The van der Waals surface area contributed by atoms with Crippen molar-refractivity contribution in [3.63, 3.8) is 0 Å². The molecule has 4 rings (SSSR count). The van der Waals surface area contributed by atoms with E-state index in [2.05, 4.69) is 15.6 Å². The molecule has 3 aromatic carbocycles. The van der Waals surface area contributed by atoms with Crippen LogP contribution in [0.15, 0.2) is 82.3 Å². The molecule has 1 unspecified atom stereocenters. The number of rotatable bonds is 7. The summed E-state index contributed by atoms with van der Waals surface area (Å²) in [6, 6.07) is 21.7. The third-order valence-corrected chi connectivity index (χ3v) is 5.51. The summed E-state index contributed by atoms with van der Waals surface area (Å²) in [6.07, 6.45) is -0.956. The second kappa shape index (κ2) is 9.70. The Morgan fingerprint density at radius 2 is 1.76 bits per heavy atom. The molecule has 0 fully saturated rings. The molecule has 0 amide bonds. The van der Waals surface area contributed by atoms with E-state index in [4.69, 9.17) is 9.57 Å². The van der Waals surface area contributed by atoms with Crippen LogP contribution in [0.25, 0.3) is 0 Å². The molecule has 1 atom stereocenters. The lowest BCUT2D eigenvalue weighted by molar-refractivity contribution is 0.0456. The second-order valence-corrected chi connectivity index (χ2v) is 7.77. The van der Waals surface area contributed by atoms with Gasteiger partial charge in [-0.2, -0.15) is 5.01 Å². The number of anilines is 1. The molecule has 1 aliphatic heterocycles. The van der Waals surface area contributed by atoms with Gasteiger partial charge in [0.2, 0.25) is 6.35 Å². The number of oxime groups is 1. The Hall–Kier alpha value is -3.91. The van der Waals surface area contributed by atoms with Gasteiger partial charge in [0.1, 0.15) is 25.2 Å². The van der Waals surface area contributed by atoms with E-state index in [0.717, 1.165) is 45.0 Å². The van der Waals surface area contributed by atoms with Gasteiger partial charge in [-0.25, -0.2) is 5.01 Å². The minimum atomic E-state index is -0.956. The molecular weight excluding hydrogens is 418 g/mol. The van der Waals surface area contributed by atoms with Crippen LogP contribution in [-0.2, 0) is 11.4 Å². The van der Waals surface area contributed by atoms with Crippen LogP contribution in [0.1, 0.15) is 27.8 Å². The van der Waals surface area contributed by atoms with Gasteiger partial charge in [0, 0.05) is 23.7 Å². The minimum absolute atomic E-state index is 0.322. The van der Waals surface area contributed by atoms with Crippen LogP contribution in [0.2, 0.25) is 0 Å². The lowest BCUT2D eigenvalue weighted by Gasteiger charge is -2.24. The lowest BCUT2D eigenvalue weighted by Crippen LogP contribution is -2.36. The first-order valence-corrected chi connectivity index (χ1v) is 10.6. The molecular formula is C25H27N5O3. The van der Waals surface area contributed by atoms with E-state index >= 15 is 0 Å². The molecule has 0 saturated heterocycles. The number of benzene rings is 3. The molecule has 1 N–H and O–H groups in total. The quantitative estimate of drug-likeness (QED) is 0.425. The SMILES string of the molecule is CO/N=C(\c1ccccc1)c1ccc(OCc2c(C)cccc2N2N=NN(C)C2O)c(C)c1. The molecule has 1 aliphatic rings. The molecule has 0 aromatic heterocycles. The average molecular weight is 446 g/mol. The van der Waals surface area contributed by atoms with Gasteiger partial charge < -0.3 is 14.7 Å². The molecule has 33 heavy (non-hydrogen) atoms. The minimum Gasteiger partial charge on any atom is -0.489 e. The first-order valence-electron chi connectivity index (χ1n) is 10.6. The van der Waals surface area contributed by atoms with E-state index in [1.54, 1.807) is 14.2 Å². The van der Waals surface area contributed by atoms with Gasteiger partial charge >= 0.3 is 0 Å². The maximum atomic E-state index is 10.4. The summed E-state index contributed by atoms with van der Waals surface area (Å²) in [6.45, 7) is 4.33. The number of ether oxygens (including phenoxy) is 1. The van der Waals surface area contributed by atoms with Crippen molar-refractivity contribution in [3.8, 4) is 5.75 Å². The zero-order valence-electron chi connectivity index (χ0n) is 19.1. The van der Waals surface area contributed by atoms with E-state index < -0.39 is 6.35 Å². The topological polar surface area (TPSA) is 82.2 Å². The maximum Gasteiger partial charge on any atom is 0.245 e. The number of hydrogen-bond donors (Lipinski definition) is 1. The van der Waals surface area contributed by atoms with Crippen molar-refractivity contribution in [1.82, 2.24) is 5.01 Å². The van der Waals surface area contributed by atoms with Crippen LogP contribution in [0.3, 0.4) is 0 Å². The highest BCUT2D eigenvalue weighted by Gasteiger charge is 2.28. The Kier molecular flexibility index (Phi) is 6.55. The number of aryl methyl sites for hydroxylation is 2. The Morgan fingerprint density at radius 3 is 2.42 bits per heavy atom. The first kappa shape index (κ1) is 22.3. The van der Waals surface area contributed by atoms with E-state index in [1.165, 1.54) is 10.0 Å². The predicted molar refractivity (Wildman–Crippen MR) is 127 cm³/mol. The summed E-state index contributed by atoms with van der Waals surface area (Å²) in [7, 11) is 3.21. The van der Waals surface area contributed by atoms with Crippen LogP contribution in [0.4, 0.5) is 5.69 Å². The maximum absolute atomic E-state index is 10.4. The summed E-state index contributed by atoms with van der Waals surface area (Å²) < 4.78 is 6.20. The van der Waals surface area contributed by atoms with Crippen molar-refractivity contribution < 1.29 is 14.7 Å². The van der Waals surface area contributed by atoms with Gasteiger partial charge in [0.25, 0.3) is 0 Å². The Morgan fingerprint density at radius 1 is 0.970 bits per heavy atom. The highest BCUT2D eigenvalue weighted by atomic mass is 16.6. The van der Waals surface area contributed by atoms with E-state index in [9.17, 15) is 5.11 Å². The van der Waals surface area contributed by atoms with Crippen molar-refractivity contribution >= 4 is 11.4 Å². The molecule has 1 heterocycles. The molecule has 8 heteroatoms. The molecule has 170 valence electrons. The summed E-state index contributed by atoms with van der Waals surface area (Å²) in [4.78, 5) is 5.09. The van der Waals surface area contributed by atoms with Crippen LogP contribution >= 0.6 is 0 Å². The van der Waals surface area contributed by atoms with Crippen LogP contribution < -0.4 is 9.75 Å². The van der Waals surface area contributed by atoms with Crippen molar-refractivity contribution in [2.75, 3.05) is 19.2 Å². The van der Waals surface area contributed by atoms with Crippen molar-refractivity contribution in [2.24, 2.45) is 15.6 Å². The zero-order chi connectivity index (χ0) is 23.4. The van der Waals surface area contributed by atoms with Gasteiger partial charge in [-0.3, -0.25) is 0 Å². The summed E-state index contributed by atoms with van der Waals surface area (Å²) in [5, 5.41) is 25.5. The molecule has 0 bridgehead atoms. The predicted octanol–water partition coefficient (Wildman–Crippen LogP) is 4.59. The van der Waals surface area contributed by atoms with E-state index in [0.29, 0.717) is 6.61 Å². The van der Waals surface area contributed by atoms with Gasteiger partial charge in [0.05, 0.1) is 5.69 Å². The fourth-order valence-electron chi connectivity index (χ4n) is 3.69. The van der Waals surface area contributed by atoms with Crippen molar-refractivity contribution in [2.45, 2.75) is 26.8 Å². The molecule has 0 radical (unpaired) electrons. The Labute approximate surface area is 193 Å². The van der Waals surface area contributed by atoms with E-state index in [-0.39, 0.29) is 0 Å². The Balaban J connectivity index is 1.57. The monoisotopic (exact) mass is 445 g/mol. The van der Waals surface area contributed by atoms with Gasteiger partial charge in [-0.1, -0.05) is 47.6 Å². The van der Waals surface area contributed by atoms with Crippen molar-refractivity contribution in [1.29, 1.82) is 0 Å². The number of nitrogens with zero attached hydrogens (tertiary/aromatic N) is 5. The standard InChI is InChI=1S/C25H27N5O3/c1-17-9-8-12-22(30-25(31)29(3)27-28-30)21(17)16-33-23-14-13-20(15-18(23)2)24(26-32-4)19-10-6-5-7-11-19/h5-15,25,31H,16H2,1-4H3/b26-24+. The molecule has 3 aromatic rings. The normalized spacial score (nSPS) is 15.8. The number of aliphatic hydroxyl groups excluding tert-OH is 1. The van der Waals surface area contributed by atoms with Gasteiger partial charge in [0.15, 0.2) is 0 Å².